The minimum atomic E-state index is -0.538. The molecule has 1 heterocycles. The number of anilines is 3. The summed E-state index contributed by atoms with van der Waals surface area (Å²) in [5.74, 6) is 0.0705. The van der Waals surface area contributed by atoms with Crippen LogP contribution in [0.3, 0.4) is 0 Å². The highest BCUT2D eigenvalue weighted by molar-refractivity contribution is 6.13. The van der Waals surface area contributed by atoms with Crippen molar-refractivity contribution in [1.29, 1.82) is 0 Å². The van der Waals surface area contributed by atoms with Crippen LogP contribution in [0.25, 0.3) is 0 Å². The lowest BCUT2D eigenvalue weighted by molar-refractivity contribution is 0.0996. The normalized spacial score (nSPS) is 12.1. The minimum Gasteiger partial charge on any atom is -0.497 e. The van der Waals surface area contributed by atoms with Crippen molar-refractivity contribution in [1.82, 2.24) is 0 Å². The Balaban J connectivity index is 1.61. The van der Waals surface area contributed by atoms with Gasteiger partial charge >= 0.3 is 0 Å². The first-order valence-electron chi connectivity index (χ1n) is 9.32. The Bertz CT molecular complexity index is 1090. The summed E-state index contributed by atoms with van der Waals surface area (Å²) in [5, 5.41) is 6.20. The average molecular weight is 387 g/mol. The van der Waals surface area contributed by atoms with Gasteiger partial charge in [0, 0.05) is 5.56 Å². The van der Waals surface area contributed by atoms with Gasteiger partial charge in [0.2, 0.25) is 5.91 Å². The molecule has 6 heteroatoms. The number of aryl methyl sites for hydroxylation is 2. The third-order valence-corrected chi connectivity index (χ3v) is 5.04. The first-order chi connectivity index (χ1) is 14.0. The quantitative estimate of drug-likeness (QED) is 0.619. The van der Waals surface area contributed by atoms with Gasteiger partial charge in [-0.25, -0.2) is 0 Å². The van der Waals surface area contributed by atoms with E-state index in [4.69, 9.17) is 10.5 Å². The first kappa shape index (κ1) is 18.6. The molecule has 0 saturated heterocycles. The fourth-order valence-corrected chi connectivity index (χ4v) is 3.49. The van der Waals surface area contributed by atoms with Crippen LogP contribution in [0.1, 0.15) is 31.8 Å². The van der Waals surface area contributed by atoms with Crippen LogP contribution in [-0.2, 0) is 12.8 Å². The molecule has 0 unspecified atom stereocenters. The van der Waals surface area contributed by atoms with Crippen molar-refractivity contribution >= 4 is 28.9 Å². The van der Waals surface area contributed by atoms with E-state index in [-0.39, 0.29) is 5.91 Å². The number of ether oxygens (including phenoxy) is 1. The summed E-state index contributed by atoms with van der Waals surface area (Å²) < 4.78 is 5.20. The lowest BCUT2D eigenvalue weighted by Crippen LogP contribution is -2.15. The molecule has 4 rings (SSSR count). The van der Waals surface area contributed by atoms with E-state index in [0.717, 1.165) is 29.1 Å². The molecule has 0 bridgehead atoms. The molecule has 0 fully saturated rings. The zero-order valence-corrected chi connectivity index (χ0v) is 16.0. The number of hydrogen-bond donors (Lipinski definition) is 3. The summed E-state index contributed by atoms with van der Waals surface area (Å²) in [5.41, 5.74) is 10.4. The van der Waals surface area contributed by atoms with E-state index >= 15 is 0 Å². The molecule has 1 aliphatic heterocycles. The van der Waals surface area contributed by atoms with Crippen LogP contribution < -0.4 is 21.1 Å². The summed E-state index contributed by atoms with van der Waals surface area (Å²) in [7, 11) is 1.64. The highest BCUT2D eigenvalue weighted by atomic mass is 16.5. The molecule has 0 saturated carbocycles. The number of nitrogens with one attached hydrogen (secondary N) is 2. The van der Waals surface area contributed by atoms with E-state index in [0.29, 0.717) is 23.2 Å². The predicted octanol–water partition coefficient (Wildman–Crippen LogP) is 3.89. The molecule has 3 aromatic rings. The van der Waals surface area contributed by atoms with Crippen molar-refractivity contribution in [2.75, 3.05) is 17.7 Å². The summed E-state index contributed by atoms with van der Waals surface area (Å²) in [6.07, 6.45) is 1.51. The van der Waals surface area contributed by atoms with Crippen LogP contribution in [0.4, 0.5) is 17.1 Å². The Morgan fingerprint density at radius 1 is 0.931 bits per heavy atom. The van der Waals surface area contributed by atoms with E-state index in [1.54, 1.807) is 25.3 Å². The summed E-state index contributed by atoms with van der Waals surface area (Å²) in [4.78, 5) is 24.4. The molecule has 0 atom stereocenters. The third kappa shape index (κ3) is 3.78. The standard InChI is InChI=1S/C23H21N3O3/c1-29-17-10-6-14(7-11-17)5-8-15-3-2-4-19-21(15)23(28)26-20-13-16(22(24)27)9-12-18(20)25-19/h2-4,6-7,9-13,25H,5,8H2,1H3,(H2,24,27)(H,26,28). The molecule has 29 heavy (non-hydrogen) atoms. The van der Waals surface area contributed by atoms with Crippen molar-refractivity contribution < 1.29 is 14.3 Å². The molecule has 1 aliphatic rings. The van der Waals surface area contributed by atoms with Crippen LogP contribution in [0.2, 0.25) is 0 Å². The van der Waals surface area contributed by atoms with Crippen molar-refractivity contribution in [3.05, 3.63) is 82.9 Å². The number of methoxy groups -OCH3 is 1. The van der Waals surface area contributed by atoms with Crippen LogP contribution >= 0.6 is 0 Å². The zero-order valence-electron chi connectivity index (χ0n) is 16.0. The van der Waals surface area contributed by atoms with Crippen molar-refractivity contribution in [2.24, 2.45) is 5.73 Å². The number of hydrogen-bond acceptors (Lipinski definition) is 4. The molecular weight excluding hydrogens is 366 g/mol. The lowest BCUT2D eigenvalue weighted by atomic mass is 9.98. The van der Waals surface area contributed by atoms with Gasteiger partial charge in [0.1, 0.15) is 5.75 Å². The monoisotopic (exact) mass is 387 g/mol. The lowest BCUT2D eigenvalue weighted by Gasteiger charge is -2.12. The zero-order chi connectivity index (χ0) is 20.4. The number of rotatable bonds is 5. The van der Waals surface area contributed by atoms with E-state index in [9.17, 15) is 9.59 Å². The van der Waals surface area contributed by atoms with Gasteiger partial charge in [-0.15, -0.1) is 0 Å². The van der Waals surface area contributed by atoms with Crippen LogP contribution in [0.5, 0.6) is 5.75 Å². The van der Waals surface area contributed by atoms with Gasteiger partial charge in [-0.1, -0.05) is 24.3 Å². The molecule has 0 spiro atoms. The van der Waals surface area contributed by atoms with Crippen LogP contribution in [-0.4, -0.2) is 18.9 Å². The number of benzene rings is 3. The first-order valence-corrected chi connectivity index (χ1v) is 9.32. The molecule has 0 aliphatic carbocycles. The maximum absolute atomic E-state index is 13.0. The van der Waals surface area contributed by atoms with E-state index in [1.165, 1.54) is 5.56 Å². The number of fused-ring (bicyclic) bond motifs is 2. The van der Waals surface area contributed by atoms with E-state index in [1.807, 2.05) is 42.5 Å². The number of amides is 2. The second-order valence-corrected chi connectivity index (χ2v) is 6.89. The number of carbonyl (C=O) groups excluding carboxylic acids is 2. The molecule has 0 aromatic heterocycles. The molecule has 4 N–H and O–H groups in total. The number of primary amides is 1. The Morgan fingerprint density at radius 2 is 1.72 bits per heavy atom. The van der Waals surface area contributed by atoms with Gasteiger partial charge in [0.25, 0.3) is 5.91 Å². The van der Waals surface area contributed by atoms with E-state index < -0.39 is 5.91 Å². The van der Waals surface area contributed by atoms with Crippen LogP contribution in [0, 0.1) is 0 Å². The second kappa shape index (κ2) is 7.67. The fourth-order valence-electron chi connectivity index (χ4n) is 3.49. The second-order valence-electron chi connectivity index (χ2n) is 6.89. The topological polar surface area (TPSA) is 93.4 Å². The summed E-state index contributed by atoms with van der Waals surface area (Å²) in [6.45, 7) is 0. The Kier molecular flexibility index (Phi) is 4.91. The van der Waals surface area contributed by atoms with Gasteiger partial charge in [0.15, 0.2) is 0 Å². The van der Waals surface area contributed by atoms with Crippen LogP contribution in [0.15, 0.2) is 60.7 Å². The van der Waals surface area contributed by atoms with Gasteiger partial charge < -0.3 is 21.1 Å². The highest BCUT2D eigenvalue weighted by Gasteiger charge is 2.22. The Labute approximate surface area is 168 Å². The average Bonchev–Trinajstić information content (AvgIpc) is 2.87. The van der Waals surface area contributed by atoms with Gasteiger partial charge in [-0.3, -0.25) is 9.59 Å². The van der Waals surface area contributed by atoms with Gasteiger partial charge in [-0.05, 0) is 60.4 Å². The van der Waals surface area contributed by atoms with Gasteiger partial charge in [0.05, 0.1) is 29.7 Å². The fraction of sp³-hybridized carbons (Fsp3) is 0.130. The SMILES string of the molecule is COc1ccc(CCc2cccc3c2C(=O)Nc2cc(C(N)=O)ccc2N3)cc1. The molecule has 146 valence electrons. The largest absolute Gasteiger partial charge is 0.497 e. The number of nitrogens with two attached hydrogens (primary N) is 1. The van der Waals surface area contributed by atoms with Crippen molar-refractivity contribution in [3.8, 4) is 5.75 Å². The van der Waals surface area contributed by atoms with Crippen molar-refractivity contribution in [3.63, 3.8) is 0 Å². The third-order valence-electron chi connectivity index (χ3n) is 5.04. The summed E-state index contributed by atoms with van der Waals surface area (Å²) in [6, 6.07) is 18.7. The molecule has 2 amide bonds. The molecule has 3 aromatic carbocycles. The maximum atomic E-state index is 13.0. The smallest absolute Gasteiger partial charge is 0.258 e. The van der Waals surface area contributed by atoms with Crippen molar-refractivity contribution in [2.45, 2.75) is 12.8 Å². The Hall–Kier alpha value is -3.80. The molecular formula is C23H21N3O3. The number of carbonyl (C=O) groups is 2. The van der Waals surface area contributed by atoms with E-state index in [2.05, 4.69) is 10.6 Å². The predicted molar refractivity (Wildman–Crippen MR) is 113 cm³/mol. The highest BCUT2D eigenvalue weighted by Crippen LogP contribution is 2.34. The minimum absolute atomic E-state index is 0.210. The summed E-state index contributed by atoms with van der Waals surface area (Å²) >= 11 is 0. The Morgan fingerprint density at radius 3 is 2.45 bits per heavy atom. The molecule has 6 nitrogen and oxygen atoms in total. The van der Waals surface area contributed by atoms with Gasteiger partial charge in [-0.2, -0.15) is 0 Å². The maximum Gasteiger partial charge on any atom is 0.258 e. The molecule has 0 radical (unpaired) electrons.